The van der Waals surface area contributed by atoms with E-state index in [0.29, 0.717) is 11.1 Å². The number of pyridine rings is 1. The fourth-order valence-corrected chi connectivity index (χ4v) is 2.76. The molecule has 0 spiro atoms. The van der Waals surface area contributed by atoms with Gasteiger partial charge in [0.15, 0.2) is 0 Å². The molecule has 0 atom stereocenters. The molecule has 1 N–H and O–H groups in total. The van der Waals surface area contributed by atoms with Crippen molar-refractivity contribution in [3.63, 3.8) is 0 Å². The molecule has 0 aromatic carbocycles. The van der Waals surface area contributed by atoms with Crippen LogP contribution in [0.2, 0.25) is 0 Å². The van der Waals surface area contributed by atoms with Crippen LogP contribution in [-0.4, -0.2) is 11.5 Å². The molecule has 1 aromatic rings. The Bertz CT molecular complexity index is 428. The predicted molar refractivity (Wildman–Crippen MR) is 71.9 cm³/mol. The largest absolute Gasteiger partial charge is 0.312 e. The summed E-state index contributed by atoms with van der Waals surface area (Å²) < 4.78 is 0. The molecule has 3 heteroatoms. The molecule has 0 amide bonds. The highest BCUT2D eigenvalue weighted by molar-refractivity contribution is 5.30. The molecular formula is C15H21N3. The number of nitrogens with zero attached hydrogens (tertiary/aromatic N) is 2. The van der Waals surface area contributed by atoms with Crippen molar-refractivity contribution in [3.05, 3.63) is 29.6 Å². The van der Waals surface area contributed by atoms with Crippen LogP contribution < -0.4 is 5.32 Å². The van der Waals surface area contributed by atoms with Crippen LogP contribution in [0, 0.1) is 16.7 Å². The van der Waals surface area contributed by atoms with Gasteiger partial charge in [-0.2, -0.15) is 5.26 Å². The van der Waals surface area contributed by atoms with Crippen LogP contribution in [0.15, 0.2) is 18.3 Å². The molecule has 1 heterocycles. The van der Waals surface area contributed by atoms with Gasteiger partial charge in [0.05, 0.1) is 0 Å². The number of nitrogens with one attached hydrogen (secondary N) is 1. The van der Waals surface area contributed by atoms with Crippen molar-refractivity contribution in [2.24, 2.45) is 5.41 Å². The summed E-state index contributed by atoms with van der Waals surface area (Å²) in [5.74, 6) is 0. The zero-order chi connectivity index (χ0) is 12.8. The summed E-state index contributed by atoms with van der Waals surface area (Å²) in [6.07, 6.45) is 8.40. The van der Waals surface area contributed by atoms with E-state index in [1.807, 2.05) is 12.1 Å². The molecule has 0 unspecified atom stereocenters. The minimum atomic E-state index is 0.438. The van der Waals surface area contributed by atoms with Crippen LogP contribution >= 0.6 is 0 Å². The number of nitriles is 1. The van der Waals surface area contributed by atoms with Crippen molar-refractivity contribution in [1.29, 1.82) is 5.26 Å². The Kier molecular flexibility index (Phi) is 4.33. The quantitative estimate of drug-likeness (QED) is 0.884. The second kappa shape index (κ2) is 5.97. The van der Waals surface area contributed by atoms with E-state index >= 15 is 0 Å². The van der Waals surface area contributed by atoms with E-state index in [2.05, 4.69) is 23.3 Å². The lowest BCUT2D eigenvalue weighted by Gasteiger charge is -2.33. The van der Waals surface area contributed by atoms with Gasteiger partial charge in [-0.3, -0.25) is 0 Å². The molecular weight excluding hydrogens is 222 g/mol. The van der Waals surface area contributed by atoms with Crippen LogP contribution in [0.1, 0.15) is 50.3 Å². The molecule has 2 rings (SSSR count). The maximum Gasteiger partial charge on any atom is 0.144 e. The maximum atomic E-state index is 8.98. The van der Waals surface area contributed by atoms with Crippen LogP contribution in [0.3, 0.4) is 0 Å². The third kappa shape index (κ3) is 3.30. The average molecular weight is 243 g/mol. The molecule has 0 radical (unpaired) electrons. The molecule has 0 bridgehead atoms. The van der Waals surface area contributed by atoms with Gasteiger partial charge in [-0.15, -0.1) is 0 Å². The van der Waals surface area contributed by atoms with E-state index in [-0.39, 0.29) is 0 Å². The predicted octanol–water partition coefficient (Wildman–Crippen LogP) is 3.01. The van der Waals surface area contributed by atoms with Crippen molar-refractivity contribution in [2.45, 2.75) is 45.6 Å². The average Bonchev–Trinajstić information content (AvgIpc) is 2.40. The smallest absolute Gasteiger partial charge is 0.144 e. The lowest BCUT2D eigenvalue weighted by Crippen LogP contribution is -2.33. The molecule has 1 fully saturated rings. The molecule has 1 aliphatic rings. The summed E-state index contributed by atoms with van der Waals surface area (Å²) in [4.78, 5) is 4.08. The van der Waals surface area contributed by atoms with E-state index < -0.39 is 0 Å². The van der Waals surface area contributed by atoms with Gasteiger partial charge in [0.1, 0.15) is 11.8 Å². The van der Waals surface area contributed by atoms with Crippen molar-refractivity contribution < 1.29 is 0 Å². The van der Waals surface area contributed by atoms with Gasteiger partial charge in [0, 0.05) is 24.8 Å². The zero-order valence-electron chi connectivity index (χ0n) is 11.1. The first-order valence-corrected chi connectivity index (χ1v) is 6.78. The highest BCUT2D eigenvalue weighted by Gasteiger charge is 2.26. The SMILES string of the molecule is CC1(CNCc2cccnc2C#N)CCCCC1. The highest BCUT2D eigenvalue weighted by Crippen LogP contribution is 2.34. The molecule has 0 saturated heterocycles. The Morgan fingerprint density at radius 3 is 2.89 bits per heavy atom. The van der Waals surface area contributed by atoms with Crippen LogP contribution in [0.4, 0.5) is 0 Å². The Balaban J connectivity index is 1.86. The van der Waals surface area contributed by atoms with Gasteiger partial charge in [0.2, 0.25) is 0 Å². The van der Waals surface area contributed by atoms with E-state index in [9.17, 15) is 0 Å². The minimum absolute atomic E-state index is 0.438. The molecule has 0 aliphatic heterocycles. The Labute approximate surface area is 109 Å². The van der Waals surface area contributed by atoms with Gasteiger partial charge in [0.25, 0.3) is 0 Å². The van der Waals surface area contributed by atoms with E-state index in [0.717, 1.165) is 18.7 Å². The fourth-order valence-electron chi connectivity index (χ4n) is 2.76. The molecule has 3 nitrogen and oxygen atoms in total. The van der Waals surface area contributed by atoms with Gasteiger partial charge in [-0.1, -0.05) is 32.3 Å². The van der Waals surface area contributed by atoms with Crippen molar-refractivity contribution in [3.8, 4) is 6.07 Å². The summed E-state index contributed by atoms with van der Waals surface area (Å²) in [6.45, 7) is 4.15. The normalized spacial score (nSPS) is 18.2. The van der Waals surface area contributed by atoms with Crippen LogP contribution in [0.5, 0.6) is 0 Å². The number of rotatable bonds is 4. The molecule has 1 aromatic heterocycles. The second-order valence-corrected chi connectivity index (χ2v) is 5.60. The van der Waals surface area contributed by atoms with Gasteiger partial charge < -0.3 is 5.32 Å². The summed E-state index contributed by atoms with van der Waals surface area (Å²) in [6, 6.07) is 6.01. The summed E-state index contributed by atoms with van der Waals surface area (Å²) >= 11 is 0. The standard InChI is InChI=1S/C15H21N3/c1-15(7-3-2-4-8-15)12-17-11-13-6-5-9-18-14(13)10-16/h5-6,9,17H,2-4,7-8,11-12H2,1H3. The molecule has 1 saturated carbocycles. The Morgan fingerprint density at radius 1 is 1.39 bits per heavy atom. The topological polar surface area (TPSA) is 48.7 Å². The van der Waals surface area contributed by atoms with Crippen LogP contribution in [-0.2, 0) is 6.54 Å². The van der Waals surface area contributed by atoms with E-state index in [1.54, 1.807) is 6.20 Å². The van der Waals surface area contributed by atoms with Gasteiger partial charge in [-0.25, -0.2) is 4.98 Å². The molecule has 96 valence electrons. The van der Waals surface area contributed by atoms with Crippen LogP contribution in [0.25, 0.3) is 0 Å². The first kappa shape index (κ1) is 13.0. The second-order valence-electron chi connectivity index (χ2n) is 5.60. The number of hydrogen-bond donors (Lipinski definition) is 1. The van der Waals surface area contributed by atoms with Gasteiger partial charge >= 0.3 is 0 Å². The third-order valence-electron chi connectivity index (χ3n) is 3.93. The first-order valence-electron chi connectivity index (χ1n) is 6.78. The lowest BCUT2D eigenvalue weighted by atomic mass is 9.76. The third-order valence-corrected chi connectivity index (χ3v) is 3.93. The highest BCUT2D eigenvalue weighted by atomic mass is 14.9. The lowest BCUT2D eigenvalue weighted by molar-refractivity contribution is 0.207. The zero-order valence-corrected chi connectivity index (χ0v) is 11.1. The number of hydrogen-bond acceptors (Lipinski definition) is 3. The first-order chi connectivity index (χ1) is 8.73. The monoisotopic (exact) mass is 243 g/mol. The Morgan fingerprint density at radius 2 is 2.17 bits per heavy atom. The summed E-state index contributed by atoms with van der Waals surface area (Å²) in [7, 11) is 0. The van der Waals surface area contributed by atoms with Gasteiger partial charge in [-0.05, 0) is 24.3 Å². The minimum Gasteiger partial charge on any atom is -0.312 e. The Hall–Kier alpha value is -1.40. The maximum absolute atomic E-state index is 8.98. The van der Waals surface area contributed by atoms with Crippen molar-refractivity contribution in [1.82, 2.24) is 10.3 Å². The number of aromatic nitrogens is 1. The molecule has 18 heavy (non-hydrogen) atoms. The molecule has 1 aliphatic carbocycles. The summed E-state index contributed by atoms with van der Waals surface area (Å²) in [5.41, 5.74) is 1.98. The fraction of sp³-hybridized carbons (Fsp3) is 0.600. The summed E-state index contributed by atoms with van der Waals surface area (Å²) in [5, 5.41) is 12.5. The van der Waals surface area contributed by atoms with Crippen molar-refractivity contribution in [2.75, 3.05) is 6.54 Å². The van der Waals surface area contributed by atoms with E-state index in [1.165, 1.54) is 32.1 Å². The van der Waals surface area contributed by atoms with E-state index in [4.69, 9.17) is 5.26 Å². The van der Waals surface area contributed by atoms with Crippen molar-refractivity contribution >= 4 is 0 Å².